The first-order valence-electron chi connectivity index (χ1n) is 12.4. The Kier molecular flexibility index (Phi) is 6.81. The van der Waals surface area contributed by atoms with Crippen molar-refractivity contribution in [1.82, 2.24) is 9.46 Å². The molecule has 8 heteroatoms. The van der Waals surface area contributed by atoms with E-state index in [0.717, 1.165) is 29.7 Å². The molecule has 0 aliphatic carbocycles. The van der Waals surface area contributed by atoms with Gasteiger partial charge in [0.15, 0.2) is 10.7 Å². The van der Waals surface area contributed by atoms with Crippen LogP contribution < -0.4 is 4.90 Å². The Bertz CT molecular complexity index is 1390. The van der Waals surface area contributed by atoms with Crippen LogP contribution in [0.4, 0.5) is 5.69 Å². The van der Waals surface area contributed by atoms with E-state index in [0.29, 0.717) is 31.6 Å². The fourth-order valence-corrected chi connectivity index (χ4v) is 6.90. The highest BCUT2D eigenvalue weighted by atomic mass is 32.2. The molecule has 0 bridgehead atoms. The van der Waals surface area contributed by atoms with E-state index in [1.165, 1.54) is 9.87 Å². The highest BCUT2D eigenvalue weighted by Gasteiger charge is 2.38. The number of sulfonamides is 1. The van der Waals surface area contributed by atoms with Crippen LogP contribution in [-0.2, 0) is 21.2 Å². The number of piperidine rings is 1. The van der Waals surface area contributed by atoms with E-state index in [-0.39, 0.29) is 29.0 Å². The molecule has 0 N–H and O–H groups in total. The average molecular weight is 506 g/mol. The van der Waals surface area contributed by atoms with Gasteiger partial charge in [0.1, 0.15) is 5.69 Å². The summed E-state index contributed by atoms with van der Waals surface area (Å²) in [5.41, 5.74) is 4.52. The molecule has 2 aromatic carbocycles. The molecule has 0 spiro atoms. The van der Waals surface area contributed by atoms with E-state index in [1.54, 1.807) is 13.0 Å². The maximum absolute atomic E-state index is 13.8. The van der Waals surface area contributed by atoms with Gasteiger partial charge in [0.05, 0.1) is 5.92 Å². The minimum Gasteiger partial charge on any atom is -0.355 e. The van der Waals surface area contributed by atoms with E-state index in [4.69, 9.17) is 4.52 Å². The number of hydrogen-bond donors (Lipinski definition) is 0. The molecular formula is C28H31N3O4S. The predicted molar refractivity (Wildman–Crippen MR) is 140 cm³/mol. The van der Waals surface area contributed by atoms with Crippen molar-refractivity contribution >= 4 is 33.8 Å². The van der Waals surface area contributed by atoms with Gasteiger partial charge in [0.2, 0.25) is 15.9 Å². The van der Waals surface area contributed by atoms with Gasteiger partial charge in [-0.2, -0.15) is 4.31 Å². The average Bonchev–Trinajstić information content (AvgIpc) is 3.28. The van der Waals surface area contributed by atoms with Crippen LogP contribution >= 0.6 is 0 Å². The number of carbonyl (C=O) groups is 1. The SMILES string of the molecule is Cc1ccc(/C=C/c2onc(C)c2S(=O)(=O)N2CCC[C@H](C(=O)N3CCCc4ccccc43)C2)cc1. The third kappa shape index (κ3) is 4.75. The number of nitrogens with zero attached hydrogens (tertiary/aromatic N) is 3. The first-order chi connectivity index (χ1) is 17.3. The predicted octanol–water partition coefficient (Wildman–Crippen LogP) is 4.84. The number of fused-ring (bicyclic) bond motifs is 1. The topological polar surface area (TPSA) is 83.7 Å². The second-order valence-electron chi connectivity index (χ2n) is 9.63. The number of aryl methyl sites for hydroxylation is 3. The minimum absolute atomic E-state index is 0.00332. The largest absolute Gasteiger partial charge is 0.355 e. The molecule has 188 valence electrons. The Morgan fingerprint density at radius 2 is 1.81 bits per heavy atom. The molecule has 7 nitrogen and oxygen atoms in total. The molecule has 36 heavy (non-hydrogen) atoms. The van der Waals surface area contributed by atoms with Gasteiger partial charge in [-0.05, 0) is 62.8 Å². The van der Waals surface area contributed by atoms with E-state index in [9.17, 15) is 13.2 Å². The fraction of sp³-hybridized carbons (Fsp3) is 0.357. The second kappa shape index (κ2) is 10.0. The van der Waals surface area contributed by atoms with Gasteiger partial charge in [0.25, 0.3) is 0 Å². The Morgan fingerprint density at radius 3 is 2.61 bits per heavy atom. The maximum atomic E-state index is 13.8. The van der Waals surface area contributed by atoms with Crippen LogP contribution in [0.1, 0.15) is 47.4 Å². The lowest BCUT2D eigenvalue weighted by Gasteiger charge is -2.36. The fourth-order valence-electron chi connectivity index (χ4n) is 5.12. The lowest BCUT2D eigenvalue weighted by Crippen LogP contribution is -2.48. The summed E-state index contributed by atoms with van der Waals surface area (Å²) in [5.74, 6) is -0.179. The van der Waals surface area contributed by atoms with Gasteiger partial charge in [-0.15, -0.1) is 0 Å². The molecule has 0 saturated carbocycles. The van der Waals surface area contributed by atoms with E-state index >= 15 is 0 Å². The van der Waals surface area contributed by atoms with Crippen LogP contribution in [0.15, 0.2) is 57.9 Å². The van der Waals surface area contributed by atoms with Crippen molar-refractivity contribution < 1.29 is 17.7 Å². The van der Waals surface area contributed by atoms with Crippen molar-refractivity contribution in [3.63, 3.8) is 0 Å². The Labute approximate surface area is 212 Å². The zero-order chi connectivity index (χ0) is 25.3. The molecule has 3 heterocycles. The maximum Gasteiger partial charge on any atom is 0.248 e. The van der Waals surface area contributed by atoms with E-state index in [2.05, 4.69) is 11.2 Å². The highest BCUT2D eigenvalue weighted by Crippen LogP contribution is 2.33. The first-order valence-corrected chi connectivity index (χ1v) is 13.9. The van der Waals surface area contributed by atoms with E-state index in [1.807, 2.05) is 60.4 Å². The van der Waals surface area contributed by atoms with Crippen molar-refractivity contribution in [2.75, 3.05) is 24.5 Å². The lowest BCUT2D eigenvalue weighted by atomic mass is 9.95. The lowest BCUT2D eigenvalue weighted by molar-refractivity contribution is -0.123. The number of benzene rings is 2. The summed E-state index contributed by atoms with van der Waals surface area (Å²) in [6.45, 7) is 4.84. The Morgan fingerprint density at radius 1 is 1.03 bits per heavy atom. The third-order valence-corrected chi connectivity index (χ3v) is 9.07. The molecule has 5 rings (SSSR count). The van der Waals surface area contributed by atoms with Crippen LogP contribution in [-0.4, -0.2) is 43.4 Å². The van der Waals surface area contributed by atoms with Crippen molar-refractivity contribution in [2.45, 2.75) is 44.4 Å². The summed E-state index contributed by atoms with van der Waals surface area (Å²) in [5, 5.41) is 3.95. The molecule has 1 atom stereocenters. The van der Waals surface area contributed by atoms with Crippen LogP contribution in [0.5, 0.6) is 0 Å². The Balaban J connectivity index is 1.37. The summed E-state index contributed by atoms with van der Waals surface area (Å²) < 4.78 is 34.3. The summed E-state index contributed by atoms with van der Waals surface area (Å²) in [6, 6.07) is 15.9. The summed E-state index contributed by atoms with van der Waals surface area (Å²) in [7, 11) is -3.89. The normalized spacial score (nSPS) is 18.9. The van der Waals surface area contributed by atoms with Crippen LogP contribution in [0, 0.1) is 19.8 Å². The van der Waals surface area contributed by atoms with Crippen molar-refractivity contribution in [2.24, 2.45) is 5.92 Å². The molecule has 0 radical (unpaired) electrons. The quantitative estimate of drug-likeness (QED) is 0.495. The van der Waals surface area contributed by atoms with Gasteiger partial charge < -0.3 is 9.42 Å². The molecule has 1 saturated heterocycles. The molecule has 3 aromatic rings. The number of rotatable bonds is 5. The standard InChI is InChI=1S/C28H31N3O4S/c1-20-11-13-22(14-12-20)15-16-26-27(21(2)29-35-26)36(33,34)30-17-5-9-24(19-30)28(32)31-18-6-8-23-7-3-4-10-25(23)31/h3-4,7,10-16,24H,5-6,8-9,17-19H2,1-2H3/b16-15+/t24-/m0/s1. The van der Waals surface area contributed by atoms with Crippen LogP contribution in [0.25, 0.3) is 12.2 Å². The molecular weight excluding hydrogens is 474 g/mol. The Hall–Kier alpha value is -3.23. The first kappa shape index (κ1) is 24.5. The number of anilines is 1. The third-order valence-electron chi connectivity index (χ3n) is 7.05. The molecule has 2 aliphatic rings. The van der Waals surface area contributed by atoms with Crippen molar-refractivity contribution in [3.05, 3.63) is 76.7 Å². The zero-order valence-electron chi connectivity index (χ0n) is 20.7. The monoisotopic (exact) mass is 505 g/mol. The van der Waals surface area contributed by atoms with Gasteiger partial charge in [-0.25, -0.2) is 8.42 Å². The van der Waals surface area contributed by atoms with Gasteiger partial charge >= 0.3 is 0 Å². The molecule has 1 amide bonds. The molecule has 1 aromatic heterocycles. The summed E-state index contributed by atoms with van der Waals surface area (Å²) in [6.07, 6.45) is 6.63. The number of hydrogen-bond acceptors (Lipinski definition) is 5. The summed E-state index contributed by atoms with van der Waals surface area (Å²) in [4.78, 5) is 15.5. The second-order valence-corrected chi connectivity index (χ2v) is 11.5. The van der Waals surface area contributed by atoms with Crippen molar-refractivity contribution in [3.8, 4) is 0 Å². The number of para-hydroxylation sites is 1. The van der Waals surface area contributed by atoms with Crippen molar-refractivity contribution in [1.29, 1.82) is 0 Å². The highest BCUT2D eigenvalue weighted by molar-refractivity contribution is 7.89. The van der Waals surface area contributed by atoms with Gasteiger partial charge in [-0.1, -0.05) is 59.3 Å². The zero-order valence-corrected chi connectivity index (χ0v) is 21.5. The van der Waals surface area contributed by atoms with Gasteiger partial charge in [-0.3, -0.25) is 4.79 Å². The summed E-state index contributed by atoms with van der Waals surface area (Å²) >= 11 is 0. The molecule has 0 unspecified atom stereocenters. The van der Waals surface area contributed by atoms with Gasteiger partial charge in [0, 0.05) is 25.3 Å². The van der Waals surface area contributed by atoms with Crippen LogP contribution in [0.3, 0.4) is 0 Å². The molecule has 1 fully saturated rings. The number of aromatic nitrogens is 1. The minimum atomic E-state index is -3.89. The number of amides is 1. The smallest absolute Gasteiger partial charge is 0.248 e. The number of carbonyl (C=O) groups excluding carboxylic acids is 1. The molecule has 2 aliphatic heterocycles. The van der Waals surface area contributed by atoms with E-state index < -0.39 is 10.0 Å². The van der Waals surface area contributed by atoms with Crippen LogP contribution in [0.2, 0.25) is 0 Å².